The molecule has 38 heavy (non-hydrogen) atoms. The molecule has 0 aliphatic carbocycles. The summed E-state index contributed by atoms with van der Waals surface area (Å²) in [6.45, 7) is 3.30. The molecule has 3 aromatic rings. The van der Waals surface area contributed by atoms with E-state index < -0.39 is 28.1 Å². The second-order valence-corrected chi connectivity index (χ2v) is 10.7. The largest absolute Gasteiger partial charge is 0.494 e. The lowest BCUT2D eigenvalue weighted by atomic mass is 9.91. The molecule has 0 unspecified atom stereocenters. The highest BCUT2D eigenvalue weighted by molar-refractivity contribution is 7.89. The van der Waals surface area contributed by atoms with Gasteiger partial charge in [-0.2, -0.15) is 4.31 Å². The van der Waals surface area contributed by atoms with Gasteiger partial charge >= 0.3 is 0 Å². The Morgan fingerprint density at radius 3 is 2.29 bits per heavy atom. The maximum absolute atomic E-state index is 14.1. The van der Waals surface area contributed by atoms with Crippen LogP contribution in [0.3, 0.4) is 0 Å². The van der Waals surface area contributed by atoms with Crippen molar-refractivity contribution in [1.29, 1.82) is 0 Å². The number of amides is 1. The first-order valence-electron chi connectivity index (χ1n) is 12.0. The maximum atomic E-state index is 14.1. The molecule has 2 atom stereocenters. The van der Waals surface area contributed by atoms with Gasteiger partial charge in [0.15, 0.2) is 6.23 Å². The smallest absolute Gasteiger partial charge is 0.246 e. The summed E-state index contributed by atoms with van der Waals surface area (Å²) in [4.78, 5) is 25.5. The summed E-state index contributed by atoms with van der Waals surface area (Å²) in [5.74, 6) is -0.718. The number of Topliss-reactive ketones (excluding diaryl/α,β-unsaturated/α-hetero) is 1. The van der Waals surface area contributed by atoms with Crippen LogP contribution in [0.2, 0.25) is 0 Å². The topological polar surface area (TPSA) is 111 Å². The summed E-state index contributed by atoms with van der Waals surface area (Å²) >= 11 is 0. The molecule has 0 saturated carbocycles. The lowest BCUT2D eigenvalue weighted by Gasteiger charge is -2.40. The van der Waals surface area contributed by atoms with E-state index in [0.717, 1.165) is 15.4 Å². The quantitative estimate of drug-likeness (QED) is 0.437. The Balaban J connectivity index is 1.88. The monoisotopic (exact) mass is 538 g/mol. The molecule has 1 N–H and O–H groups in total. The van der Waals surface area contributed by atoms with Gasteiger partial charge in [0.05, 0.1) is 36.9 Å². The third kappa shape index (κ3) is 5.34. The van der Waals surface area contributed by atoms with E-state index in [2.05, 4.69) is 5.32 Å². The molecule has 0 saturated heterocycles. The van der Waals surface area contributed by atoms with Crippen LogP contribution in [0.5, 0.6) is 5.75 Å². The van der Waals surface area contributed by atoms with E-state index in [-0.39, 0.29) is 35.3 Å². The summed E-state index contributed by atoms with van der Waals surface area (Å²) in [5, 5.41) is 2.69. The average Bonchev–Trinajstić information content (AvgIpc) is 2.90. The van der Waals surface area contributed by atoms with Crippen molar-refractivity contribution in [2.75, 3.05) is 26.1 Å². The summed E-state index contributed by atoms with van der Waals surface area (Å²) in [6.07, 6.45) is -1.43. The minimum atomic E-state index is -4.26. The third-order valence-electron chi connectivity index (χ3n) is 6.28. The Hall–Kier alpha value is -3.57. The number of fused-ring (bicyclic) bond motifs is 1. The van der Waals surface area contributed by atoms with E-state index in [1.165, 1.54) is 39.3 Å². The van der Waals surface area contributed by atoms with Crippen LogP contribution in [-0.2, 0) is 30.9 Å². The van der Waals surface area contributed by atoms with E-state index in [9.17, 15) is 18.0 Å². The molecule has 0 fully saturated rings. The van der Waals surface area contributed by atoms with Crippen LogP contribution in [0.4, 0.5) is 5.69 Å². The minimum absolute atomic E-state index is 0.00596. The number of nitrogens with one attached hydrogen (secondary N) is 1. The van der Waals surface area contributed by atoms with E-state index in [1.807, 2.05) is 37.3 Å². The van der Waals surface area contributed by atoms with Crippen molar-refractivity contribution in [2.24, 2.45) is 0 Å². The van der Waals surface area contributed by atoms with Gasteiger partial charge < -0.3 is 19.5 Å². The van der Waals surface area contributed by atoms with E-state index in [0.29, 0.717) is 11.3 Å². The summed E-state index contributed by atoms with van der Waals surface area (Å²) in [6, 6.07) is 17.9. The van der Waals surface area contributed by atoms with E-state index in [1.54, 1.807) is 18.2 Å². The number of carbonyl (C=O) groups is 2. The van der Waals surface area contributed by atoms with Gasteiger partial charge in [0, 0.05) is 25.2 Å². The van der Waals surface area contributed by atoms with Crippen molar-refractivity contribution >= 4 is 27.4 Å². The molecule has 3 aromatic carbocycles. The number of aryl methyl sites for hydroxylation is 1. The first kappa shape index (κ1) is 27.5. The zero-order chi connectivity index (χ0) is 27.4. The van der Waals surface area contributed by atoms with Crippen LogP contribution in [0.25, 0.3) is 0 Å². The predicted octanol–water partition coefficient (Wildman–Crippen LogP) is 4.08. The number of methoxy groups -OCH3 is 2. The molecule has 200 valence electrons. The molecule has 0 bridgehead atoms. The lowest BCUT2D eigenvalue weighted by Crippen LogP contribution is -2.53. The van der Waals surface area contributed by atoms with Crippen LogP contribution in [-0.4, -0.2) is 51.5 Å². The molecule has 1 heterocycles. The van der Waals surface area contributed by atoms with Crippen LogP contribution < -0.4 is 10.1 Å². The second kappa shape index (κ2) is 11.4. The molecule has 10 heteroatoms. The third-order valence-corrected chi connectivity index (χ3v) is 8.15. The number of hydrogen-bond donors (Lipinski definition) is 1. The number of ether oxygens (including phenoxy) is 3. The number of rotatable bonds is 9. The van der Waals surface area contributed by atoms with Crippen molar-refractivity contribution in [3.8, 4) is 5.75 Å². The first-order valence-corrected chi connectivity index (χ1v) is 13.4. The van der Waals surface area contributed by atoms with Gasteiger partial charge in [0.1, 0.15) is 5.75 Å². The number of hydrogen-bond acceptors (Lipinski definition) is 7. The van der Waals surface area contributed by atoms with Gasteiger partial charge in [-0.15, -0.1) is 0 Å². The highest BCUT2D eigenvalue weighted by Crippen LogP contribution is 2.45. The van der Waals surface area contributed by atoms with Gasteiger partial charge in [-0.05, 0) is 36.8 Å². The Morgan fingerprint density at radius 2 is 1.68 bits per heavy atom. The Labute approximate surface area is 222 Å². The summed E-state index contributed by atoms with van der Waals surface area (Å²) in [5.41, 5.74) is 2.61. The minimum Gasteiger partial charge on any atom is -0.494 e. The zero-order valence-corrected chi connectivity index (χ0v) is 22.4. The molecule has 1 aliphatic rings. The molecule has 0 spiro atoms. The fraction of sp³-hybridized carbons (Fsp3) is 0.286. The van der Waals surface area contributed by atoms with Crippen LogP contribution >= 0.6 is 0 Å². The van der Waals surface area contributed by atoms with Crippen LogP contribution in [0.15, 0.2) is 71.6 Å². The molecule has 0 radical (unpaired) electrons. The average molecular weight is 539 g/mol. The zero-order valence-electron chi connectivity index (χ0n) is 21.6. The van der Waals surface area contributed by atoms with Gasteiger partial charge in [-0.3, -0.25) is 9.59 Å². The molecule has 0 aromatic heterocycles. The molecule has 4 rings (SSSR count). The molecule has 1 amide bonds. The molecular formula is C28H30N2O7S. The first-order chi connectivity index (χ1) is 18.2. The van der Waals surface area contributed by atoms with E-state index in [4.69, 9.17) is 14.2 Å². The fourth-order valence-electron chi connectivity index (χ4n) is 4.55. The SMILES string of the molecule is COc1c(NC(C)=O)ccc2c1[C@@H](COCc1ccccc1)N(S(=O)(=O)c1ccc(C)cc1)[C@@H](OC)C2=O. The number of benzene rings is 3. The van der Waals surface area contributed by atoms with Gasteiger partial charge in [-0.1, -0.05) is 48.0 Å². The summed E-state index contributed by atoms with van der Waals surface area (Å²) in [7, 11) is -1.57. The Morgan fingerprint density at radius 1 is 1.00 bits per heavy atom. The Bertz CT molecular complexity index is 1420. The number of anilines is 1. The molecule has 1 aliphatic heterocycles. The van der Waals surface area contributed by atoms with Gasteiger partial charge in [0.25, 0.3) is 0 Å². The van der Waals surface area contributed by atoms with Crippen molar-refractivity contribution < 1.29 is 32.2 Å². The highest BCUT2D eigenvalue weighted by atomic mass is 32.2. The fourth-order valence-corrected chi connectivity index (χ4v) is 6.21. The van der Waals surface area contributed by atoms with Crippen molar-refractivity contribution in [2.45, 2.75) is 37.6 Å². The van der Waals surface area contributed by atoms with Crippen LogP contribution in [0.1, 0.15) is 40.0 Å². The summed E-state index contributed by atoms with van der Waals surface area (Å²) < 4.78 is 46.3. The number of nitrogens with zero attached hydrogens (tertiary/aromatic N) is 1. The maximum Gasteiger partial charge on any atom is 0.246 e. The lowest BCUT2D eigenvalue weighted by molar-refractivity contribution is -0.114. The standard InChI is InChI=1S/C28H30N2O7S/c1-18-10-12-21(13-11-18)38(33,34)30-24(17-37-16-20-8-6-5-7-9-20)25-22(26(32)28(30)36-4)14-15-23(27(25)35-3)29-19(2)31/h5-15,24,28H,16-17H2,1-4H3,(H,29,31)/t24-,28+/m1/s1. The van der Waals surface area contributed by atoms with Gasteiger partial charge in [-0.25, -0.2) is 8.42 Å². The Kier molecular flexibility index (Phi) is 8.27. The number of sulfonamides is 1. The molecular weight excluding hydrogens is 508 g/mol. The van der Waals surface area contributed by atoms with Crippen LogP contribution in [0, 0.1) is 6.92 Å². The van der Waals surface area contributed by atoms with E-state index >= 15 is 0 Å². The number of ketones is 1. The second-order valence-electron chi connectivity index (χ2n) is 8.91. The normalized spacial score (nSPS) is 17.6. The molecule has 9 nitrogen and oxygen atoms in total. The van der Waals surface area contributed by atoms with Gasteiger partial charge in [0.2, 0.25) is 21.7 Å². The van der Waals surface area contributed by atoms with Crippen molar-refractivity contribution in [1.82, 2.24) is 4.31 Å². The van der Waals surface area contributed by atoms with Crippen molar-refractivity contribution in [3.63, 3.8) is 0 Å². The van der Waals surface area contributed by atoms with Crippen molar-refractivity contribution in [3.05, 3.63) is 89.0 Å². The number of carbonyl (C=O) groups excluding carboxylic acids is 2. The highest BCUT2D eigenvalue weighted by Gasteiger charge is 2.49. The predicted molar refractivity (Wildman–Crippen MR) is 141 cm³/mol.